The smallest absolute Gasteiger partial charge is 0.144 e. The third-order valence-electron chi connectivity index (χ3n) is 1.60. The number of rotatable bonds is 3. The molecule has 0 aromatic heterocycles. The Labute approximate surface area is 83.9 Å². The van der Waals surface area contributed by atoms with Gasteiger partial charge in [-0.05, 0) is 30.1 Å². The molecule has 0 saturated heterocycles. The van der Waals surface area contributed by atoms with E-state index in [-0.39, 0.29) is 16.8 Å². The normalized spacial score (nSPS) is 8.43. The molecule has 4 N–H and O–H groups in total. The minimum atomic E-state index is -0.212. The van der Waals surface area contributed by atoms with E-state index >= 15 is 0 Å². The van der Waals surface area contributed by atoms with Gasteiger partial charge in [-0.1, -0.05) is 6.92 Å². The standard InChI is InChI=1S/C9H12BFO.2H2O/c1-2-5-12-9-4-3-7(11)6-8(9)10;;/h3-4,6H,2,5,10H2,1H3;2*1H2. The highest BCUT2D eigenvalue weighted by Crippen LogP contribution is 2.07. The summed E-state index contributed by atoms with van der Waals surface area (Å²) in [4.78, 5) is 0. The van der Waals surface area contributed by atoms with Crippen LogP contribution in [0.5, 0.6) is 5.75 Å². The van der Waals surface area contributed by atoms with Crippen LogP contribution in [0.1, 0.15) is 13.3 Å². The van der Waals surface area contributed by atoms with E-state index in [0.29, 0.717) is 6.61 Å². The van der Waals surface area contributed by atoms with E-state index in [1.807, 2.05) is 14.8 Å². The third kappa shape index (κ3) is 4.25. The quantitative estimate of drug-likeness (QED) is 0.592. The predicted octanol–water partition coefficient (Wildman–Crippen LogP) is -0.777. The van der Waals surface area contributed by atoms with Crippen LogP contribution in [-0.2, 0) is 0 Å². The third-order valence-corrected chi connectivity index (χ3v) is 1.60. The monoisotopic (exact) mass is 202 g/mol. The first-order chi connectivity index (χ1) is 5.74. The lowest BCUT2D eigenvalue weighted by molar-refractivity contribution is 0.319. The van der Waals surface area contributed by atoms with Crippen molar-refractivity contribution in [1.82, 2.24) is 0 Å². The highest BCUT2D eigenvalue weighted by atomic mass is 19.1. The molecule has 0 atom stereocenters. The number of halogens is 1. The summed E-state index contributed by atoms with van der Waals surface area (Å²) in [5.41, 5.74) is 0.850. The van der Waals surface area contributed by atoms with Gasteiger partial charge in [0.25, 0.3) is 0 Å². The summed E-state index contributed by atoms with van der Waals surface area (Å²) in [6, 6.07) is 4.56. The van der Waals surface area contributed by atoms with E-state index in [1.54, 1.807) is 6.07 Å². The molecule has 0 saturated carbocycles. The van der Waals surface area contributed by atoms with Crippen molar-refractivity contribution in [1.29, 1.82) is 0 Å². The predicted molar refractivity (Wildman–Crippen MR) is 57.6 cm³/mol. The van der Waals surface area contributed by atoms with Crippen LogP contribution in [0.3, 0.4) is 0 Å². The summed E-state index contributed by atoms with van der Waals surface area (Å²) in [7, 11) is 1.84. The Hall–Kier alpha value is -1.07. The molecule has 0 aliphatic rings. The molecule has 5 heteroatoms. The largest absolute Gasteiger partial charge is 0.494 e. The van der Waals surface area contributed by atoms with Crippen molar-refractivity contribution >= 4 is 13.3 Å². The molecule has 0 bridgehead atoms. The number of hydrogen-bond acceptors (Lipinski definition) is 1. The maximum absolute atomic E-state index is 12.6. The number of benzene rings is 1. The van der Waals surface area contributed by atoms with Crippen LogP contribution in [0.15, 0.2) is 18.2 Å². The van der Waals surface area contributed by atoms with Crippen LogP contribution in [0.25, 0.3) is 0 Å². The van der Waals surface area contributed by atoms with Crippen LogP contribution in [0, 0.1) is 5.82 Å². The van der Waals surface area contributed by atoms with Crippen molar-refractivity contribution in [2.75, 3.05) is 6.61 Å². The SMILES string of the molecule is Bc1cc(F)ccc1OCCC.O.O. The van der Waals surface area contributed by atoms with Crippen molar-refractivity contribution < 1.29 is 20.1 Å². The topological polar surface area (TPSA) is 72.2 Å². The lowest BCUT2D eigenvalue weighted by atomic mass is 9.95. The Bertz CT molecular complexity index is 268. The van der Waals surface area contributed by atoms with Gasteiger partial charge in [-0.2, -0.15) is 0 Å². The van der Waals surface area contributed by atoms with Gasteiger partial charge in [-0.3, -0.25) is 0 Å². The first kappa shape index (κ1) is 15.4. The van der Waals surface area contributed by atoms with Crippen LogP contribution in [-0.4, -0.2) is 25.4 Å². The minimum absolute atomic E-state index is 0. The number of ether oxygens (including phenoxy) is 1. The fraction of sp³-hybridized carbons (Fsp3) is 0.333. The second kappa shape index (κ2) is 7.35. The summed E-state index contributed by atoms with van der Waals surface area (Å²) in [5.74, 6) is 0.564. The molecular weight excluding hydrogens is 186 g/mol. The highest BCUT2D eigenvalue weighted by molar-refractivity contribution is 6.34. The molecule has 0 amide bonds. The molecule has 1 rings (SSSR count). The van der Waals surface area contributed by atoms with Crippen molar-refractivity contribution in [3.8, 4) is 5.75 Å². The van der Waals surface area contributed by atoms with E-state index in [4.69, 9.17) is 4.74 Å². The average Bonchev–Trinajstić information content (AvgIpc) is 2.03. The maximum Gasteiger partial charge on any atom is 0.144 e. The molecule has 1 aromatic rings. The fourth-order valence-corrected chi connectivity index (χ4v) is 0.987. The Balaban J connectivity index is 0. The minimum Gasteiger partial charge on any atom is -0.494 e. The summed E-state index contributed by atoms with van der Waals surface area (Å²) >= 11 is 0. The van der Waals surface area contributed by atoms with E-state index in [1.165, 1.54) is 12.1 Å². The van der Waals surface area contributed by atoms with Crippen LogP contribution < -0.4 is 10.2 Å². The average molecular weight is 202 g/mol. The Kier molecular flexibility index (Phi) is 8.09. The zero-order valence-corrected chi connectivity index (χ0v) is 8.43. The Morgan fingerprint density at radius 1 is 1.36 bits per heavy atom. The van der Waals surface area contributed by atoms with Gasteiger partial charge >= 0.3 is 0 Å². The first-order valence-electron chi connectivity index (χ1n) is 4.13. The van der Waals surface area contributed by atoms with Crippen LogP contribution in [0.4, 0.5) is 4.39 Å². The molecule has 14 heavy (non-hydrogen) atoms. The van der Waals surface area contributed by atoms with Crippen LogP contribution >= 0.6 is 0 Å². The summed E-state index contributed by atoms with van der Waals surface area (Å²) in [6.07, 6.45) is 0.969. The zero-order chi connectivity index (χ0) is 8.97. The molecule has 0 aliphatic heterocycles. The summed E-state index contributed by atoms with van der Waals surface area (Å²) < 4.78 is 18.0. The van der Waals surface area contributed by atoms with Crippen molar-refractivity contribution in [2.45, 2.75) is 13.3 Å². The van der Waals surface area contributed by atoms with Gasteiger partial charge in [0.1, 0.15) is 19.4 Å². The van der Waals surface area contributed by atoms with Gasteiger partial charge < -0.3 is 15.7 Å². The van der Waals surface area contributed by atoms with Crippen molar-refractivity contribution in [2.24, 2.45) is 0 Å². The second-order valence-corrected chi connectivity index (χ2v) is 2.76. The van der Waals surface area contributed by atoms with E-state index < -0.39 is 0 Å². The van der Waals surface area contributed by atoms with Gasteiger partial charge in [-0.25, -0.2) is 4.39 Å². The van der Waals surface area contributed by atoms with Gasteiger partial charge in [0.05, 0.1) is 6.61 Å². The summed E-state index contributed by atoms with van der Waals surface area (Å²) in [6.45, 7) is 2.73. The second-order valence-electron chi connectivity index (χ2n) is 2.76. The molecule has 3 nitrogen and oxygen atoms in total. The molecule has 0 heterocycles. The zero-order valence-electron chi connectivity index (χ0n) is 8.43. The fourth-order valence-electron chi connectivity index (χ4n) is 0.987. The van der Waals surface area contributed by atoms with E-state index in [0.717, 1.165) is 17.6 Å². The van der Waals surface area contributed by atoms with Crippen molar-refractivity contribution in [3.63, 3.8) is 0 Å². The molecular formula is C9H16BFO3. The van der Waals surface area contributed by atoms with E-state index in [9.17, 15) is 4.39 Å². The molecule has 0 fully saturated rings. The first-order valence-corrected chi connectivity index (χ1v) is 4.13. The summed E-state index contributed by atoms with van der Waals surface area (Å²) in [5, 5.41) is 0. The maximum atomic E-state index is 12.6. The van der Waals surface area contributed by atoms with Gasteiger partial charge in [-0.15, -0.1) is 0 Å². The van der Waals surface area contributed by atoms with Crippen LogP contribution in [0.2, 0.25) is 0 Å². The molecule has 0 unspecified atom stereocenters. The molecule has 0 spiro atoms. The van der Waals surface area contributed by atoms with Gasteiger partial charge in [0.15, 0.2) is 0 Å². The Morgan fingerprint density at radius 3 is 2.50 bits per heavy atom. The van der Waals surface area contributed by atoms with Crippen molar-refractivity contribution in [3.05, 3.63) is 24.0 Å². The lowest BCUT2D eigenvalue weighted by Gasteiger charge is -2.07. The lowest BCUT2D eigenvalue weighted by Crippen LogP contribution is -2.10. The molecule has 80 valence electrons. The number of hydrogen-bond donors (Lipinski definition) is 0. The van der Waals surface area contributed by atoms with Gasteiger partial charge in [0.2, 0.25) is 0 Å². The Morgan fingerprint density at radius 2 is 2.00 bits per heavy atom. The highest BCUT2D eigenvalue weighted by Gasteiger charge is 1.99. The molecule has 0 radical (unpaired) electrons. The van der Waals surface area contributed by atoms with E-state index in [2.05, 4.69) is 0 Å². The molecule has 0 aliphatic carbocycles. The molecule has 1 aromatic carbocycles. The van der Waals surface area contributed by atoms with Gasteiger partial charge in [0, 0.05) is 0 Å².